The number of hydrogen-bond acceptors (Lipinski definition) is 2. The van der Waals surface area contributed by atoms with E-state index in [1.165, 1.54) is 32.1 Å². The van der Waals surface area contributed by atoms with E-state index in [0.29, 0.717) is 11.5 Å². The summed E-state index contributed by atoms with van der Waals surface area (Å²) in [4.78, 5) is 12.2. The minimum Gasteiger partial charge on any atom is -0.350 e. The Morgan fingerprint density at radius 1 is 1.00 bits per heavy atom. The smallest absolute Gasteiger partial charge is 0.237 e. The summed E-state index contributed by atoms with van der Waals surface area (Å²) in [5, 5.41) is 6.60. The first kappa shape index (κ1) is 18.5. The quantitative estimate of drug-likeness (QED) is 0.776. The molecule has 1 fully saturated rings. The van der Waals surface area contributed by atoms with Gasteiger partial charge in [-0.05, 0) is 64.7 Å². The van der Waals surface area contributed by atoms with Gasteiger partial charge in [0.05, 0.1) is 6.04 Å². The molecule has 3 heteroatoms. The first-order valence-electron chi connectivity index (χ1n) is 8.57. The third-order valence-corrected chi connectivity index (χ3v) is 4.57. The SMILES string of the molecule is CC(NC1CCCC(C(C)(C)C)CC1)C(=O)NC(C)(C)C. The highest BCUT2D eigenvalue weighted by Gasteiger charge is 2.29. The minimum absolute atomic E-state index is 0.110. The topological polar surface area (TPSA) is 41.1 Å². The van der Waals surface area contributed by atoms with Crippen molar-refractivity contribution in [1.82, 2.24) is 10.6 Å². The number of carbonyl (C=O) groups excluding carboxylic acids is 1. The average Bonchev–Trinajstić information content (AvgIpc) is 2.51. The third-order valence-electron chi connectivity index (χ3n) is 4.57. The second-order valence-electron chi connectivity index (χ2n) is 8.90. The van der Waals surface area contributed by atoms with Crippen molar-refractivity contribution >= 4 is 5.91 Å². The second-order valence-corrected chi connectivity index (χ2v) is 8.90. The molecule has 0 aliphatic heterocycles. The Labute approximate surface area is 131 Å². The zero-order chi connectivity index (χ0) is 16.3. The van der Waals surface area contributed by atoms with Crippen LogP contribution < -0.4 is 10.6 Å². The molecule has 0 saturated heterocycles. The standard InChI is InChI=1S/C18H36N2O/c1-13(16(21)20-18(5,6)7)19-15-10-8-9-14(11-12-15)17(2,3)4/h13-15,19H,8-12H2,1-7H3,(H,20,21). The highest BCUT2D eigenvalue weighted by Crippen LogP contribution is 2.36. The molecule has 124 valence electrons. The van der Waals surface area contributed by atoms with Crippen LogP contribution in [0.25, 0.3) is 0 Å². The normalized spacial score (nSPS) is 26.0. The van der Waals surface area contributed by atoms with E-state index in [-0.39, 0.29) is 17.5 Å². The first-order chi connectivity index (χ1) is 9.49. The molecule has 0 bridgehead atoms. The summed E-state index contributed by atoms with van der Waals surface area (Å²) in [6, 6.07) is 0.374. The van der Waals surface area contributed by atoms with E-state index in [2.05, 4.69) is 31.4 Å². The van der Waals surface area contributed by atoms with Gasteiger partial charge in [0, 0.05) is 11.6 Å². The lowest BCUT2D eigenvalue weighted by molar-refractivity contribution is -0.124. The Morgan fingerprint density at radius 3 is 2.14 bits per heavy atom. The number of hydrogen-bond donors (Lipinski definition) is 2. The van der Waals surface area contributed by atoms with Gasteiger partial charge in [-0.2, -0.15) is 0 Å². The Balaban J connectivity index is 2.47. The zero-order valence-electron chi connectivity index (χ0n) is 15.2. The van der Waals surface area contributed by atoms with Gasteiger partial charge in [-0.25, -0.2) is 0 Å². The van der Waals surface area contributed by atoms with Crippen molar-refractivity contribution in [3.63, 3.8) is 0 Å². The molecule has 1 aliphatic rings. The molecule has 3 nitrogen and oxygen atoms in total. The summed E-state index contributed by atoms with van der Waals surface area (Å²) in [5.74, 6) is 0.919. The lowest BCUT2D eigenvalue weighted by Gasteiger charge is -2.30. The van der Waals surface area contributed by atoms with Gasteiger partial charge < -0.3 is 10.6 Å². The zero-order valence-corrected chi connectivity index (χ0v) is 15.2. The summed E-state index contributed by atoms with van der Waals surface area (Å²) in [5.41, 5.74) is 0.248. The lowest BCUT2D eigenvalue weighted by Crippen LogP contribution is -2.51. The van der Waals surface area contributed by atoms with Crippen LogP contribution >= 0.6 is 0 Å². The average molecular weight is 296 g/mol. The largest absolute Gasteiger partial charge is 0.350 e. The Bertz CT molecular complexity index is 338. The van der Waals surface area contributed by atoms with Crippen LogP contribution in [0.3, 0.4) is 0 Å². The van der Waals surface area contributed by atoms with Crippen LogP contribution in [0.4, 0.5) is 0 Å². The molecule has 0 radical (unpaired) electrons. The molecule has 1 saturated carbocycles. The van der Waals surface area contributed by atoms with E-state index in [1.54, 1.807) is 0 Å². The van der Waals surface area contributed by atoms with Crippen molar-refractivity contribution in [1.29, 1.82) is 0 Å². The summed E-state index contributed by atoms with van der Waals surface area (Å²) < 4.78 is 0. The summed E-state index contributed by atoms with van der Waals surface area (Å²) in [6.45, 7) is 15.1. The van der Waals surface area contributed by atoms with Gasteiger partial charge in [-0.3, -0.25) is 4.79 Å². The van der Waals surface area contributed by atoms with E-state index in [1.807, 2.05) is 27.7 Å². The molecule has 21 heavy (non-hydrogen) atoms. The van der Waals surface area contributed by atoms with Gasteiger partial charge in [0.15, 0.2) is 0 Å². The first-order valence-corrected chi connectivity index (χ1v) is 8.57. The van der Waals surface area contributed by atoms with E-state index in [4.69, 9.17) is 0 Å². The monoisotopic (exact) mass is 296 g/mol. The molecule has 0 spiro atoms. The highest BCUT2D eigenvalue weighted by atomic mass is 16.2. The fraction of sp³-hybridized carbons (Fsp3) is 0.944. The van der Waals surface area contributed by atoms with Crippen molar-refractivity contribution in [2.45, 2.75) is 98.2 Å². The second kappa shape index (κ2) is 7.13. The van der Waals surface area contributed by atoms with Crippen molar-refractivity contribution in [2.24, 2.45) is 11.3 Å². The minimum atomic E-state index is -0.159. The van der Waals surface area contributed by atoms with Gasteiger partial charge in [-0.1, -0.05) is 27.2 Å². The number of amides is 1. The molecule has 2 N–H and O–H groups in total. The van der Waals surface area contributed by atoms with E-state index < -0.39 is 0 Å². The van der Waals surface area contributed by atoms with Gasteiger partial charge in [0.2, 0.25) is 5.91 Å². The third kappa shape index (κ3) is 6.82. The fourth-order valence-electron chi connectivity index (χ4n) is 3.24. The van der Waals surface area contributed by atoms with Crippen LogP contribution in [0.2, 0.25) is 0 Å². The van der Waals surface area contributed by atoms with Gasteiger partial charge in [-0.15, -0.1) is 0 Å². The van der Waals surface area contributed by atoms with Crippen LogP contribution in [0.5, 0.6) is 0 Å². The van der Waals surface area contributed by atoms with Crippen molar-refractivity contribution < 1.29 is 4.79 Å². The molecule has 3 unspecified atom stereocenters. The molecule has 1 amide bonds. The Morgan fingerprint density at radius 2 is 1.62 bits per heavy atom. The molecular weight excluding hydrogens is 260 g/mol. The maximum absolute atomic E-state index is 12.2. The molecule has 3 atom stereocenters. The van der Waals surface area contributed by atoms with Gasteiger partial charge >= 0.3 is 0 Å². The Kier molecular flexibility index (Phi) is 6.27. The molecule has 0 aromatic heterocycles. The van der Waals surface area contributed by atoms with Crippen molar-refractivity contribution in [2.75, 3.05) is 0 Å². The van der Waals surface area contributed by atoms with Crippen LogP contribution in [0.15, 0.2) is 0 Å². The predicted molar refractivity (Wildman–Crippen MR) is 90.3 cm³/mol. The predicted octanol–water partition coefficient (Wildman–Crippen LogP) is 3.87. The molecule has 1 aliphatic carbocycles. The van der Waals surface area contributed by atoms with E-state index in [0.717, 1.165) is 5.92 Å². The van der Waals surface area contributed by atoms with Crippen LogP contribution in [-0.2, 0) is 4.79 Å². The van der Waals surface area contributed by atoms with E-state index in [9.17, 15) is 4.79 Å². The summed E-state index contributed by atoms with van der Waals surface area (Å²) in [7, 11) is 0. The van der Waals surface area contributed by atoms with Crippen LogP contribution in [0.1, 0.15) is 80.6 Å². The number of rotatable bonds is 3. The van der Waals surface area contributed by atoms with Gasteiger partial charge in [0.25, 0.3) is 0 Å². The molecule has 0 aromatic carbocycles. The number of carbonyl (C=O) groups is 1. The Hall–Kier alpha value is -0.570. The maximum atomic E-state index is 12.2. The van der Waals surface area contributed by atoms with Crippen LogP contribution in [0, 0.1) is 11.3 Å². The maximum Gasteiger partial charge on any atom is 0.237 e. The van der Waals surface area contributed by atoms with Crippen molar-refractivity contribution in [3.8, 4) is 0 Å². The molecule has 0 heterocycles. The highest BCUT2D eigenvalue weighted by molar-refractivity contribution is 5.81. The van der Waals surface area contributed by atoms with Gasteiger partial charge in [0.1, 0.15) is 0 Å². The van der Waals surface area contributed by atoms with E-state index >= 15 is 0 Å². The van der Waals surface area contributed by atoms with Crippen LogP contribution in [-0.4, -0.2) is 23.5 Å². The lowest BCUT2D eigenvalue weighted by atomic mass is 9.76. The summed E-state index contributed by atoms with van der Waals surface area (Å²) in [6.07, 6.45) is 6.25. The van der Waals surface area contributed by atoms with Crippen molar-refractivity contribution in [3.05, 3.63) is 0 Å². The fourth-order valence-corrected chi connectivity index (χ4v) is 3.24. The summed E-state index contributed by atoms with van der Waals surface area (Å²) >= 11 is 0. The number of nitrogens with one attached hydrogen (secondary N) is 2. The molecular formula is C18H36N2O. The molecule has 0 aromatic rings. The molecule has 1 rings (SSSR count).